The van der Waals surface area contributed by atoms with E-state index in [1.807, 2.05) is 36.4 Å². The van der Waals surface area contributed by atoms with Crippen LogP contribution < -0.4 is 0 Å². The van der Waals surface area contributed by atoms with Gasteiger partial charge in [0.2, 0.25) is 0 Å². The lowest BCUT2D eigenvalue weighted by molar-refractivity contribution is -0.119. The van der Waals surface area contributed by atoms with Crippen LogP contribution in [0.2, 0.25) is 0 Å². The molecule has 2 unspecified atom stereocenters. The Morgan fingerprint density at radius 2 is 1.76 bits per heavy atom. The van der Waals surface area contributed by atoms with Crippen LogP contribution in [0, 0.1) is 5.92 Å². The van der Waals surface area contributed by atoms with Crippen molar-refractivity contribution in [2.45, 2.75) is 63.9 Å². The van der Waals surface area contributed by atoms with Gasteiger partial charge in [-0.15, -0.1) is 0 Å². The molecule has 1 aliphatic carbocycles. The van der Waals surface area contributed by atoms with Crippen molar-refractivity contribution in [3.63, 3.8) is 0 Å². The molecule has 1 saturated carbocycles. The Balaban J connectivity index is 1.69. The zero-order valence-electron chi connectivity index (χ0n) is 17.0. The number of carbonyl (C=O) groups is 2. The van der Waals surface area contributed by atoms with Crippen LogP contribution in [0.25, 0.3) is 0 Å². The van der Waals surface area contributed by atoms with Gasteiger partial charge in [-0.1, -0.05) is 62.6 Å². The van der Waals surface area contributed by atoms with Crippen LogP contribution in [0.15, 0.2) is 48.5 Å². The molecular weight excluding hydrogens is 364 g/mol. The SMILES string of the molecule is CCCCCC(O)c1ccc([C@H]2C(=O)CCC2Cc2ccc(C(=O)O)cc2)cc1. The molecule has 0 bridgehead atoms. The minimum absolute atomic E-state index is 0.125. The normalized spacial score (nSPS) is 20.0. The first kappa shape index (κ1) is 21.3. The number of hydrogen-bond acceptors (Lipinski definition) is 3. The fraction of sp³-hybridized carbons (Fsp3) is 0.440. The zero-order chi connectivity index (χ0) is 20.8. The van der Waals surface area contributed by atoms with Crippen LogP contribution in [-0.2, 0) is 11.2 Å². The van der Waals surface area contributed by atoms with Crippen molar-refractivity contribution >= 4 is 11.8 Å². The number of carboxylic acids is 1. The Labute approximate surface area is 172 Å². The highest BCUT2D eigenvalue weighted by Crippen LogP contribution is 2.39. The van der Waals surface area contributed by atoms with E-state index in [0.717, 1.165) is 55.2 Å². The third-order valence-electron chi connectivity index (χ3n) is 6.04. The monoisotopic (exact) mass is 394 g/mol. The molecule has 0 aliphatic heterocycles. The van der Waals surface area contributed by atoms with Crippen LogP contribution in [0.4, 0.5) is 0 Å². The number of aromatic carboxylic acids is 1. The van der Waals surface area contributed by atoms with Gasteiger partial charge in [0.05, 0.1) is 11.7 Å². The van der Waals surface area contributed by atoms with E-state index < -0.39 is 12.1 Å². The second-order valence-corrected chi connectivity index (χ2v) is 8.13. The first-order valence-electron chi connectivity index (χ1n) is 10.6. The Hall–Kier alpha value is -2.46. The second-order valence-electron chi connectivity index (χ2n) is 8.13. The Morgan fingerprint density at radius 1 is 1.07 bits per heavy atom. The Kier molecular flexibility index (Phi) is 7.21. The minimum atomic E-state index is -0.928. The predicted octanol–water partition coefficient (Wildman–Crippen LogP) is 5.30. The maximum atomic E-state index is 12.6. The van der Waals surface area contributed by atoms with E-state index in [2.05, 4.69) is 6.92 Å². The van der Waals surface area contributed by atoms with Crippen LogP contribution in [0.1, 0.15) is 84.5 Å². The van der Waals surface area contributed by atoms with Crippen LogP contribution >= 0.6 is 0 Å². The van der Waals surface area contributed by atoms with Crippen LogP contribution in [-0.4, -0.2) is 22.0 Å². The van der Waals surface area contributed by atoms with Gasteiger partial charge < -0.3 is 10.2 Å². The Morgan fingerprint density at radius 3 is 2.38 bits per heavy atom. The smallest absolute Gasteiger partial charge is 0.335 e. The molecule has 0 amide bonds. The highest BCUT2D eigenvalue weighted by Gasteiger charge is 2.35. The molecule has 2 N–H and O–H groups in total. The van der Waals surface area contributed by atoms with Crippen molar-refractivity contribution in [3.05, 3.63) is 70.8 Å². The number of carboxylic acid groups (broad SMARTS) is 1. The maximum absolute atomic E-state index is 12.6. The zero-order valence-corrected chi connectivity index (χ0v) is 17.0. The average molecular weight is 395 g/mol. The summed E-state index contributed by atoms with van der Waals surface area (Å²) in [5.74, 6) is -0.560. The van der Waals surface area contributed by atoms with Crippen molar-refractivity contribution in [2.24, 2.45) is 5.92 Å². The summed E-state index contributed by atoms with van der Waals surface area (Å²) in [6.07, 6.45) is 5.80. The summed E-state index contributed by atoms with van der Waals surface area (Å²) in [6.45, 7) is 2.15. The molecule has 154 valence electrons. The molecule has 3 rings (SSSR count). The first-order chi connectivity index (χ1) is 14.0. The number of Topliss-reactive ketones (excluding diaryl/α,β-unsaturated/α-hetero) is 1. The van der Waals surface area contributed by atoms with E-state index >= 15 is 0 Å². The van der Waals surface area contributed by atoms with E-state index in [0.29, 0.717) is 6.42 Å². The van der Waals surface area contributed by atoms with Gasteiger partial charge in [-0.3, -0.25) is 4.79 Å². The van der Waals surface area contributed by atoms with E-state index in [1.54, 1.807) is 12.1 Å². The van der Waals surface area contributed by atoms with Crippen LogP contribution in [0.5, 0.6) is 0 Å². The van der Waals surface area contributed by atoms with Gasteiger partial charge in [-0.25, -0.2) is 4.79 Å². The lowest BCUT2D eigenvalue weighted by Crippen LogP contribution is -2.15. The molecule has 3 atom stereocenters. The molecule has 4 nitrogen and oxygen atoms in total. The highest BCUT2D eigenvalue weighted by molar-refractivity contribution is 5.88. The average Bonchev–Trinajstić information content (AvgIpc) is 3.08. The van der Waals surface area contributed by atoms with E-state index in [-0.39, 0.29) is 23.2 Å². The lowest BCUT2D eigenvalue weighted by Gasteiger charge is -2.20. The summed E-state index contributed by atoms with van der Waals surface area (Å²) in [7, 11) is 0. The van der Waals surface area contributed by atoms with Gasteiger partial charge in [0.15, 0.2) is 0 Å². The summed E-state index contributed by atoms with van der Waals surface area (Å²) < 4.78 is 0. The summed E-state index contributed by atoms with van der Waals surface area (Å²) in [4.78, 5) is 23.6. The quantitative estimate of drug-likeness (QED) is 0.566. The molecule has 2 aromatic rings. The van der Waals surface area contributed by atoms with Gasteiger partial charge in [-0.05, 0) is 54.0 Å². The molecule has 0 saturated heterocycles. The molecule has 0 radical (unpaired) electrons. The molecule has 0 aromatic heterocycles. The molecule has 1 aliphatic rings. The molecule has 29 heavy (non-hydrogen) atoms. The third-order valence-corrected chi connectivity index (χ3v) is 6.04. The predicted molar refractivity (Wildman–Crippen MR) is 113 cm³/mol. The van der Waals surface area contributed by atoms with Gasteiger partial charge in [0, 0.05) is 12.3 Å². The van der Waals surface area contributed by atoms with Crippen molar-refractivity contribution in [1.82, 2.24) is 0 Å². The Bertz CT molecular complexity index is 823. The van der Waals surface area contributed by atoms with Crippen LogP contribution in [0.3, 0.4) is 0 Å². The summed E-state index contributed by atoms with van der Waals surface area (Å²) in [5, 5.41) is 19.4. The lowest BCUT2D eigenvalue weighted by atomic mass is 9.83. The fourth-order valence-electron chi connectivity index (χ4n) is 4.36. The molecule has 2 aromatic carbocycles. The standard InChI is InChI=1S/C25H30O4/c1-2-3-4-5-22(26)18-10-12-19(13-11-18)24-21(14-15-23(24)27)16-17-6-8-20(9-7-17)25(28)29/h6-13,21-22,24,26H,2-5,14-16H2,1H3,(H,28,29)/t21?,22?,24-/m1/s1. The van der Waals surface area contributed by atoms with E-state index in [9.17, 15) is 14.7 Å². The number of carbonyl (C=O) groups excluding carboxylic acids is 1. The molecular formula is C25H30O4. The number of aliphatic hydroxyl groups is 1. The summed E-state index contributed by atoms with van der Waals surface area (Å²) in [6, 6.07) is 14.8. The highest BCUT2D eigenvalue weighted by atomic mass is 16.4. The van der Waals surface area contributed by atoms with Crippen molar-refractivity contribution in [1.29, 1.82) is 0 Å². The van der Waals surface area contributed by atoms with Gasteiger partial charge in [0.25, 0.3) is 0 Å². The largest absolute Gasteiger partial charge is 0.478 e. The number of rotatable bonds is 9. The summed E-state index contributed by atoms with van der Waals surface area (Å²) in [5.41, 5.74) is 3.27. The summed E-state index contributed by atoms with van der Waals surface area (Å²) >= 11 is 0. The second kappa shape index (κ2) is 9.84. The number of benzene rings is 2. The topological polar surface area (TPSA) is 74.6 Å². The van der Waals surface area contributed by atoms with Gasteiger partial charge >= 0.3 is 5.97 Å². The van der Waals surface area contributed by atoms with Gasteiger partial charge in [-0.2, -0.15) is 0 Å². The molecule has 0 spiro atoms. The first-order valence-corrected chi connectivity index (χ1v) is 10.6. The number of unbranched alkanes of at least 4 members (excludes halogenated alkanes) is 2. The van der Waals surface area contributed by atoms with Crippen molar-refractivity contribution < 1.29 is 19.8 Å². The molecule has 0 heterocycles. The van der Waals surface area contributed by atoms with Crippen molar-refractivity contribution in [3.8, 4) is 0 Å². The number of ketones is 1. The van der Waals surface area contributed by atoms with E-state index in [4.69, 9.17) is 5.11 Å². The number of hydrogen-bond donors (Lipinski definition) is 2. The van der Waals surface area contributed by atoms with Gasteiger partial charge in [0.1, 0.15) is 5.78 Å². The number of aliphatic hydroxyl groups excluding tert-OH is 1. The maximum Gasteiger partial charge on any atom is 0.335 e. The molecule has 4 heteroatoms. The van der Waals surface area contributed by atoms with E-state index in [1.165, 1.54) is 0 Å². The molecule has 1 fully saturated rings. The third kappa shape index (κ3) is 5.33. The van der Waals surface area contributed by atoms with Crippen molar-refractivity contribution in [2.75, 3.05) is 0 Å². The minimum Gasteiger partial charge on any atom is -0.478 e. The fourth-order valence-corrected chi connectivity index (χ4v) is 4.36.